The first kappa shape index (κ1) is 18.7. The topological polar surface area (TPSA) is 124 Å². The monoisotopic (exact) mass is 394 g/mol. The largest absolute Gasteiger partial charge is 0.606 e. The van der Waals surface area contributed by atoms with Gasteiger partial charge in [0.15, 0.2) is 4.90 Å². The Kier molecular flexibility index (Phi) is 5.24. The van der Waals surface area contributed by atoms with Crippen molar-refractivity contribution in [2.24, 2.45) is 5.14 Å². The lowest BCUT2D eigenvalue weighted by molar-refractivity contribution is 0.0696. The normalized spacial score (nSPS) is 15.8. The van der Waals surface area contributed by atoms with E-state index < -0.39 is 32.1 Å². The molecular weight excluding hydrogens is 376 g/mol. The predicted molar refractivity (Wildman–Crippen MR) is 97.3 cm³/mol. The van der Waals surface area contributed by atoms with Crippen molar-refractivity contribution in [3.8, 4) is 0 Å². The third-order valence-corrected chi connectivity index (χ3v) is 6.74. The van der Waals surface area contributed by atoms with Gasteiger partial charge in [-0.25, -0.2) is 18.4 Å². The van der Waals surface area contributed by atoms with Crippen LogP contribution in [-0.4, -0.2) is 37.1 Å². The number of nitrogens with zero attached hydrogens (tertiary/aromatic N) is 1. The molecule has 1 atom stereocenters. The van der Waals surface area contributed by atoms with E-state index in [0.717, 1.165) is 18.9 Å². The molecule has 2 aromatic carbocycles. The molecule has 3 N–H and O–H groups in total. The van der Waals surface area contributed by atoms with E-state index in [1.54, 1.807) is 30.3 Å². The van der Waals surface area contributed by atoms with Crippen molar-refractivity contribution >= 4 is 32.9 Å². The predicted octanol–water partition coefficient (Wildman–Crippen LogP) is 1.80. The maximum absolute atomic E-state index is 13.2. The number of benzene rings is 2. The molecule has 2 aromatic rings. The van der Waals surface area contributed by atoms with Gasteiger partial charge in [-0.15, -0.1) is 0 Å². The van der Waals surface area contributed by atoms with E-state index in [1.165, 1.54) is 6.07 Å². The minimum Gasteiger partial charge on any atom is -0.606 e. The Bertz CT molecular complexity index is 926. The smallest absolute Gasteiger partial charge is 0.335 e. The lowest BCUT2D eigenvalue weighted by Crippen LogP contribution is -2.25. The lowest BCUT2D eigenvalue weighted by Gasteiger charge is -2.24. The lowest BCUT2D eigenvalue weighted by atomic mass is 10.2. The van der Waals surface area contributed by atoms with Crippen LogP contribution < -0.4 is 10.0 Å². The quantitative estimate of drug-likeness (QED) is 0.745. The van der Waals surface area contributed by atoms with Gasteiger partial charge in [0.2, 0.25) is 14.9 Å². The van der Waals surface area contributed by atoms with Gasteiger partial charge in [0.1, 0.15) is 4.90 Å². The van der Waals surface area contributed by atoms with Gasteiger partial charge in [-0.2, -0.15) is 0 Å². The van der Waals surface area contributed by atoms with Crippen LogP contribution in [0.5, 0.6) is 0 Å². The van der Waals surface area contributed by atoms with E-state index in [2.05, 4.69) is 0 Å². The molecule has 26 heavy (non-hydrogen) atoms. The van der Waals surface area contributed by atoms with Gasteiger partial charge in [-0.1, -0.05) is 18.2 Å². The minimum atomic E-state index is -4.28. The molecule has 1 unspecified atom stereocenters. The summed E-state index contributed by atoms with van der Waals surface area (Å²) in [4.78, 5) is 13.4. The highest BCUT2D eigenvalue weighted by Gasteiger charge is 2.33. The molecule has 0 aromatic heterocycles. The first-order valence-corrected chi connectivity index (χ1v) is 10.6. The Labute approximate surface area is 154 Å². The number of aromatic carboxylic acids is 1. The Morgan fingerprint density at radius 3 is 2.31 bits per heavy atom. The molecule has 138 valence electrons. The zero-order valence-electron chi connectivity index (χ0n) is 13.8. The van der Waals surface area contributed by atoms with Crippen LogP contribution in [0.4, 0.5) is 5.69 Å². The van der Waals surface area contributed by atoms with E-state index in [-0.39, 0.29) is 10.5 Å². The number of carbonyl (C=O) groups is 1. The molecule has 9 heteroatoms. The van der Waals surface area contributed by atoms with Gasteiger partial charge in [-0.3, -0.25) is 0 Å². The van der Waals surface area contributed by atoms with Gasteiger partial charge in [0.25, 0.3) is 0 Å². The molecule has 1 aliphatic heterocycles. The summed E-state index contributed by atoms with van der Waals surface area (Å²) in [6.07, 6.45) is 1.78. The highest BCUT2D eigenvalue weighted by atomic mass is 32.2. The molecule has 0 aliphatic carbocycles. The number of carboxylic acid groups (broad SMARTS) is 1. The summed E-state index contributed by atoms with van der Waals surface area (Å²) in [5, 5.41) is 14.7. The average molecular weight is 394 g/mol. The van der Waals surface area contributed by atoms with Gasteiger partial charge in [0, 0.05) is 24.3 Å². The Morgan fingerprint density at radius 1 is 1.15 bits per heavy atom. The SMILES string of the molecule is NS(=O)(=O)c1cc(C(=O)O)cc(N2CCCC2)c1[S+]([O-])c1ccccc1. The number of sulfonamides is 1. The fraction of sp³-hybridized carbons (Fsp3) is 0.235. The van der Waals surface area contributed by atoms with Crippen LogP contribution in [0, 0.1) is 0 Å². The van der Waals surface area contributed by atoms with Crippen molar-refractivity contribution in [3.63, 3.8) is 0 Å². The van der Waals surface area contributed by atoms with Crippen LogP contribution in [0.2, 0.25) is 0 Å². The van der Waals surface area contributed by atoms with Crippen LogP contribution in [0.3, 0.4) is 0 Å². The molecule has 0 amide bonds. The Morgan fingerprint density at radius 2 is 1.77 bits per heavy atom. The highest BCUT2D eigenvalue weighted by Crippen LogP contribution is 2.37. The number of rotatable bonds is 5. The number of carboxylic acids is 1. The Hall–Kier alpha value is -2.07. The van der Waals surface area contributed by atoms with E-state index >= 15 is 0 Å². The second-order valence-electron chi connectivity index (χ2n) is 5.95. The zero-order valence-corrected chi connectivity index (χ0v) is 15.4. The molecule has 1 saturated heterocycles. The van der Waals surface area contributed by atoms with Crippen molar-refractivity contribution < 1.29 is 22.9 Å². The first-order chi connectivity index (χ1) is 12.3. The number of nitrogens with two attached hydrogens (primary N) is 1. The molecule has 0 bridgehead atoms. The van der Waals surface area contributed by atoms with Crippen molar-refractivity contribution in [2.45, 2.75) is 27.5 Å². The van der Waals surface area contributed by atoms with Crippen molar-refractivity contribution in [3.05, 3.63) is 48.0 Å². The summed E-state index contributed by atoms with van der Waals surface area (Å²) in [7, 11) is -4.28. The first-order valence-electron chi connectivity index (χ1n) is 7.95. The number of anilines is 1. The van der Waals surface area contributed by atoms with Crippen molar-refractivity contribution in [1.82, 2.24) is 0 Å². The summed E-state index contributed by atoms with van der Waals surface area (Å²) >= 11 is -1.83. The van der Waals surface area contributed by atoms with Gasteiger partial charge in [0.05, 0.1) is 11.3 Å². The second kappa shape index (κ2) is 7.28. The molecule has 1 fully saturated rings. The maximum atomic E-state index is 13.2. The van der Waals surface area contributed by atoms with E-state index in [9.17, 15) is 22.9 Å². The van der Waals surface area contributed by atoms with Crippen LogP contribution in [-0.2, 0) is 21.2 Å². The van der Waals surface area contributed by atoms with Gasteiger partial charge in [-0.05, 0) is 37.1 Å². The third kappa shape index (κ3) is 3.70. The Balaban J connectivity index is 2.29. The van der Waals surface area contributed by atoms with Crippen molar-refractivity contribution in [1.29, 1.82) is 0 Å². The summed E-state index contributed by atoms with van der Waals surface area (Å²) in [5.41, 5.74) is 0.137. The second-order valence-corrected chi connectivity index (χ2v) is 8.90. The molecule has 0 radical (unpaired) electrons. The van der Waals surface area contributed by atoms with Crippen LogP contribution in [0.1, 0.15) is 23.2 Å². The summed E-state index contributed by atoms with van der Waals surface area (Å²) in [6.45, 7) is 1.26. The minimum absolute atomic E-state index is 0.0330. The molecule has 0 spiro atoms. The molecule has 1 heterocycles. The van der Waals surface area contributed by atoms with Gasteiger partial charge < -0.3 is 14.6 Å². The fourth-order valence-corrected chi connectivity index (χ4v) is 5.45. The average Bonchev–Trinajstić information content (AvgIpc) is 3.14. The molecule has 1 aliphatic rings. The van der Waals surface area contributed by atoms with E-state index in [0.29, 0.717) is 23.7 Å². The molecule has 0 saturated carbocycles. The number of hydrogen-bond acceptors (Lipinski definition) is 5. The summed E-state index contributed by atoms with van der Waals surface area (Å²) in [5.74, 6) is -1.27. The summed E-state index contributed by atoms with van der Waals surface area (Å²) in [6, 6.07) is 10.8. The highest BCUT2D eigenvalue weighted by molar-refractivity contribution is 7.93. The van der Waals surface area contributed by atoms with Crippen LogP contribution >= 0.6 is 0 Å². The standard InChI is InChI=1S/C17H18N2O5S2/c18-26(23,24)15-11-12(17(20)21)10-14(19-8-4-5-9-19)16(15)25(22)13-6-2-1-3-7-13/h1-3,6-7,10-11H,4-5,8-9H2,(H,20,21)(H2,18,23,24). The van der Waals surface area contributed by atoms with E-state index in [4.69, 9.17) is 5.14 Å². The van der Waals surface area contributed by atoms with Gasteiger partial charge >= 0.3 is 5.97 Å². The van der Waals surface area contributed by atoms with Crippen molar-refractivity contribution in [2.75, 3.05) is 18.0 Å². The van der Waals surface area contributed by atoms with Crippen LogP contribution in [0.25, 0.3) is 0 Å². The third-order valence-electron chi connectivity index (χ3n) is 4.18. The van der Waals surface area contributed by atoms with Crippen LogP contribution in [0.15, 0.2) is 57.2 Å². The zero-order chi connectivity index (χ0) is 18.9. The maximum Gasteiger partial charge on any atom is 0.335 e. The fourth-order valence-electron chi connectivity index (χ4n) is 2.96. The molecular formula is C17H18N2O5S2. The summed E-state index contributed by atoms with van der Waals surface area (Å²) < 4.78 is 37.5. The molecule has 7 nitrogen and oxygen atoms in total. The number of hydrogen-bond donors (Lipinski definition) is 2. The number of primary sulfonamides is 1. The molecule has 3 rings (SSSR count). The van der Waals surface area contributed by atoms with E-state index in [1.807, 2.05) is 4.90 Å².